The van der Waals surface area contributed by atoms with Crippen LogP contribution in [0.15, 0.2) is 30.4 Å². The van der Waals surface area contributed by atoms with E-state index in [1.54, 1.807) is 14.2 Å². The molecular weight excluding hydrogens is 307 g/mol. The number of allylic oxidation sites excluding steroid dienone is 4. The monoisotopic (exact) mass is 319 g/mol. The van der Waals surface area contributed by atoms with Gasteiger partial charge in [0.1, 0.15) is 11.5 Å². The molecule has 0 fully saturated rings. The fraction of sp³-hybridized carbons (Fsp3) is 0.231. The molecule has 0 unspecified atom stereocenters. The van der Waals surface area contributed by atoms with Crippen LogP contribution in [0.3, 0.4) is 0 Å². The molecule has 0 amide bonds. The van der Waals surface area contributed by atoms with Crippen molar-refractivity contribution in [2.75, 3.05) is 14.2 Å². The van der Waals surface area contributed by atoms with Gasteiger partial charge in [0, 0.05) is 0 Å². The third kappa shape index (κ3) is 4.06. The molecule has 0 aliphatic heterocycles. The first-order valence-corrected chi connectivity index (χ1v) is 4.85. The number of ether oxygens (including phenoxy) is 2. The van der Waals surface area contributed by atoms with Gasteiger partial charge < -0.3 is 34.3 Å². The van der Waals surface area contributed by atoms with Gasteiger partial charge in [0.2, 0.25) is 0 Å². The molecule has 1 aromatic carbocycles. The Bertz CT molecular complexity index is 431. The van der Waals surface area contributed by atoms with Gasteiger partial charge in [-0.2, -0.15) is 17.7 Å². The zero-order valence-corrected chi connectivity index (χ0v) is 13.2. The maximum absolute atomic E-state index is 5.36. The van der Waals surface area contributed by atoms with Gasteiger partial charge >= 0.3 is 21.7 Å². The maximum atomic E-state index is 5.36. The SMILES string of the molecule is COc1cccc(C2=[C-]CC=C2)c1OC.[Cl-].[Cl-].[Ti+3]. The van der Waals surface area contributed by atoms with Crippen molar-refractivity contribution >= 4 is 5.57 Å². The van der Waals surface area contributed by atoms with Gasteiger partial charge in [-0.25, -0.2) is 0 Å². The van der Waals surface area contributed by atoms with Crippen molar-refractivity contribution in [2.45, 2.75) is 6.42 Å². The fourth-order valence-corrected chi connectivity index (χ4v) is 1.69. The van der Waals surface area contributed by atoms with Crippen LogP contribution < -0.4 is 34.3 Å². The quantitative estimate of drug-likeness (QED) is 0.433. The molecular formula is C13H13Cl2O2Ti. The van der Waals surface area contributed by atoms with Crippen LogP contribution in [0.5, 0.6) is 11.5 Å². The normalized spacial score (nSPS) is 11.6. The molecule has 1 radical (unpaired) electrons. The van der Waals surface area contributed by atoms with E-state index in [0.717, 1.165) is 29.1 Å². The molecule has 0 saturated heterocycles. The van der Waals surface area contributed by atoms with Crippen molar-refractivity contribution in [3.8, 4) is 11.5 Å². The maximum Gasteiger partial charge on any atom is 3.00 e. The average Bonchev–Trinajstić information content (AvgIpc) is 2.81. The van der Waals surface area contributed by atoms with Crippen LogP contribution in [-0.2, 0) is 21.7 Å². The van der Waals surface area contributed by atoms with Crippen LogP contribution in [0.25, 0.3) is 5.57 Å². The van der Waals surface area contributed by atoms with E-state index in [4.69, 9.17) is 9.47 Å². The summed E-state index contributed by atoms with van der Waals surface area (Å²) < 4.78 is 10.6. The summed E-state index contributed by atoms with van der Waals surface area (Å²) >= 11 is 0. The van der Waals surface area contributed by atoms with E-state index in [1.807, 2.05) is 18.2 Å². The summed E-state index contributed by atoms with van der Waals surface area (Å²) in [6.07, 6.45) is 8.27. The number of hydrogen-bond acceptors (Lipinski definition) is 2. The van der Waals surface area contributed by atoms with Crippen LogP contribution in [0.2, 0.25) is 0 Å². The van der Waals surface area contributed by atoms with Crippen molar-refractivity contribution in [1.29, 1.82) is 0 Å². The zero-order chi connectivity index (χ0) is 10.7. The molecule has 18 heavy (non-hydrogen) atoms. The molecule has 0 heterocycles. The van der Waals surface area contributed by atoms with Gasteiger partial charge in [0.15, 0.2) is 0 Å². The molecule has 1 aliphatic carbocycles. The van der Waals surface area contributed by atoms with Crippen molar-refractivity contribution in [3.05, 3.63) is 42.0 Å². The fourth-order valence-electron chi connectivity index (χ4n) is 1.69. The van der Waals surface area contributed by atoms with E-state index in [-0.39, 0.29) is 46.5 Å². The Balaban J connectivity index is 0. The molecule has 2 rings (SSSR count). The Labute approximate surface area is 135 Å². The standard InChI is InChI=1S/C13H13O2.2ClH.Ti/c1-14-12-9-5-8-11(13(12)15-2)10-6-3-4-7-10;;;/h3,5-6,8-9H,4H2,1-2H3;2*1H;/q-1;;;+3/p-2. The number of halogens is 2. The number of rotatable bonds is 3. The molecule has 0 saturated carbocycles. The third-order valence-electron chi connectivity index (χ3n) is 2.39. The minimum atomic E-state index is 0. The first-order valence-electron chi connectivity index (χ1n) is 4.85. The molecule has 5 heteroatoms. The minimum absolute atomic E-state index is 0. The predicted molar refractivity (Wildman–Crippen MR) is 60.0 cm³/mol. The van der Waals surface area contributed by atoms with Crippen molar-refractivity contribution < 1.29 is 56.0 Å². The second-order valence-corrected chi connectivity index (χ2v) is 3.24. The predicted octanol–water partition coefficient (Wildman–Crippen LogP) is -3.14. The first kappa shape index (κ1) is 19.9. The number of hydrogen-bond donors (Lipinski definition) is 0. The van der Waals surface area contributed by atoms with Gasteiger partial charge in [0.25, 0.3) is 0 Å². The molecule has 0 atom stereocenters. The Morgan fingerprint density at radius 1 is 1.11 bits per heavy atom. The minimum Gasteiger partial charge on any atom is -1.00 e. The van der Waals surface area contributed by atoms with Crippen LogP contribution >= 0.6 is 0 Å². The van der Waals surface area contributed by atoms with Gasteiger partial charge in [0.05, 0.1) is 14.2 Å². The van der Waals surface area contributed by atoms with Crippen molar-refractivity contribution in [2.24, 2.45) is 0 Å². The van der Waals surface area contributed by atoms with Gasteiger partial charge in [-0.1, -0.05) is 18.1 Å². The summed E-state index contributed by atoms with van der Waals surface area (Å²) in [5, 5.41) is 0. The number of para-hydroxylation sites is 1. The second kappa shape index (κ2) is 9.51. The Morgan fingerprint density at radius 2 is 1.83 bits per heavy atom. The first-order chi connectivity index (χ1) is 7.36. The second-order valence-electron chi connectivity index (χ2n) is 3.24. The van der Waals surface area contributed by atoms with Gasteiger partial charge in [-0.05, 0) is 6.07 Å². The van der Waals surface area contributed by atoms with Crippen LogP contribution in [0.1, 0.15) is 12.0 Å². The summed E-state index contributed by atoms with van der Waals surface area (Å²) in [4.78, 5) is 0. The molecule has 0 bridgehead atoms. The molecule has 0 N–H and O–H groups in total. The van der Waals surface area contributed by atoms with Crippen LogP contribution in [0, 0.1) is 6.08 Å². The Morgan fingerprint density at radius 3 is 2.33 bits per heavy atom. The summed E-state index contributed by atoms with van der Waals surface area (Å²) in [5.41, 5.74) is 2.11. The largest absolute Gasteiger partial charge is 3.00 e. The van der Waals surface area contributed by atoms with E-state index in [9.17, 15) is 0 Å². The number of methoxy groups -OCH3 is 2. The summed E-state index contributed by atoms with van der Waals surface area (Å²) in [6.45, 7) is 0. The van der Waals surface area contributed by atoms with Gasteiger partial charge in [-0.3, -0.25) is 0 Å². The van der Waals surface area contributed by atoms with E-state index in [2.05, 4.69) is 18.2 Å². The Kier molecular flexibility index (Phi) is 10.5. The van der Waals surface area contributed by atoms with E-state index in [0.29, 0.717) is 0 Å². The van der Waals surface area contributed by atoms with Crippen molar-refractivity contribution in [1.82, 2.24) is 0 Å². The van der Waals surface area contributed by atoms with E-state index in [1.165, 1.54) is 0 Å². The topological polar surface area (TPSA) is 18.5 Å². The van der Waals surface area contributed by atoms with Crippen LogP contribution in [-0.4, -0.2) is 14.2 Å². The smallest absolute Gasteiger partial charge is 1.00 e. The van der Waals surface area contributed by atoms with E-state index >= 15 is 0 Å². The molecule has 0 aromatic heterocycles. The van der Waals surface area contributed by atoms with E-state index < -0.39 is 0 Å². The van der Waals surface area contributed by atoms with Crippen molar-refractivity contribution in [3.63, 3.8) is 0 Å². The summed E-state index contributed by atoms with van der Waals surface area (Å²) in [5.74, 6) is 1.53. The average molecular weight is 320 g/mol. The molecule has 95 valence electrons. The number of benzene rings is 1. The zero-order valence-electron chi connectivity index (χ0n) is 10.2. The molecule has 1 aliphatic rings. The summed E-state index contributed by atoms with van der Waals surface area (Å²) in [7, 11) is 3.30. The van der Waals surface area contributed by atoms with Crippen LogP contribution in [0.4, 0.5) is 0 Å². The molecule has 2 nitrogen and oxygen atoms in total. The Hall–Kier alpha value is -0.406. The molecule has 1 aromatic rings. The third-order valence-corrected chi connectivity index (χ3v) is 2.39. The molecule has 0 spiro atoms. The van der Waals surface area contributed by atoms with Gasteiger partial charge in [-0.15, -0.1) is 12.1 Å². The summed E-state index contributed by atoms with van der Waals surface area (Å²) in [6, 6.07) is 5.86.